The van der Waals surface area contributed by atoms with Gasteiger partial charge < -0.3 is 20.5 Å². The number of aliphatic hydroxyl groups is 1. The zero-order chi connectivity index (χ0) is 18.7. The van der Waals surface area contributed by atoms with E-state index >= 15 is 0 Å². The van der Waals surface area contributed by atoms with Crippen LogP contribution in [0, 0.1) is 17.2 Å². The Morgan fingerprint density at radius 2 is 2.15 bits per heavy atom. The van der Waals surface area contributed by atoms with E-state index < -0.39 is 11.9 Å². The highest BCUT2D eigenvalue weighted by Gasteiger charge is 2.58. The van der Waals surface area contributed by atoms with Crippen LogP contribution in [0.15, 0.2) is 29.3 Å². The molecule has 2 fully saturated rings. The number of rotatable bonds is 5. The van der Waals surface area contributed by atoms with Crippen molar-refractivity contribution in [2.75, 3.05) is 19.7 Å². The van der Waals surface area contributed by atoms with Gasteiger partial charge in [-0.05, 0) is 25.8 Å². The Morgan fingerprint density at radius 3 is 2.85 bits per heavy atom. The summed E-state index contributed by atoms with van der Waals surface area (Å²) in [7, 11) is 0. The third kappa shape index (κ3) is 4.74. The molecule has 7 heteroatoms. The van der Waals surface area contributed by atoms with E-state index in [1.54, 1.807) is 18.2 Å². The van der Waals surface area contributed by atoms with Crippen LogP contribution in [0.2, 0.25) is 0 Å². The fourth-order valence-corrected chi connectivity index (χ4v) is 4.30. The van der Waals surface area contributed by atoms with E-state index in [2.05, 4.69) is 29.5 Å². The number of hydrogen-bond donors (Lipinski definition) is 3. The predicted molar refractivity (Wildman–Crippen MR) is 116 cm³/mol. The van der Waals surface area contributed by atoms with Crippen molar-refractivity contribution in [1.82, 2.24) is 10.6 Å². The highest BCUT2D eigenvalue weighted by atomic mass is 127. The molecule has 0 aromatic heterocycles. The number of hydrogen-bond acceptors (Lipinski definition) is 3. The van der Waals surface area contributed by atoms with Gasteiger partial charge in [0.05, 0.1) is 12.6 Å². The van der Waals surface area contributed by atoms with E-state index in [4.69, 9.17) is 4.74 Å². The van der Waals surface area contributed by atoms with Crippen LogP contribution in [0.5, 0.6) is 0 Å². The van der Waals surface area contributed by atoms with E-state index in [-0.39, 0.29) is 47.5 Å². The molecule has 1 heterocycles. The molecule has 1 aromatic rings. The Morgan fingerprint density at radius 1 is 1.41 bits per heavy atom. The largest absolute Gasteiger partial charge is 0.386 e. The first kappa shape index (κ1) is 22.4. The van der Waals surface area contributed by atoms with Gasteiger partial charge in [0.1, 0.15) is 11.9 Å². The van der Waals surface area contributed by atoms with Gasteiger partial charge in [-0.25, -0.2) is 4.39 Å². The maximum Gasteiger partial charge on any atom is 0.191 e. The molecule has 1 aliphatic heterocycles. The van der Waals surface area contributed by atoms with Crippen molar-refractivity contribution in [2.45, 2.75) is 51.9 Å². The van der Waals surface area contributed by atoms with Crippen LogP contribution in [-0.4, -0.2) is 42.9 Å². The van der Waals surface area contributed by atoms with Gasteiger partial charge in [0.25, 0.3) is 0 Å². The lowest BCUT2D eigenvalue weighted by Gasteiger charge is -2.60. The predicted octanol–water partition coefficient (Wildman–Crippen LogP) is 3.24. The quantitative estimate of drug-likeness (QED) is 0.336. The molecule has 3 rings (SSSR count). The molecule has 1 saturated carbocycles. The number of halogens is 2. The van der Waals surface area contributed by atoms with Gasteiger partial charge in [0.15, 0.2) is 5.96 Å². The van der Waals surface area contributed by atoms with Gasteiger partial charge in [0.2, 0.25) is 0 Å². The van der Waals surface area contributed by atoms with Crippen molar-refractivity contribution in [2.24, 2.45) is 16.3 Å². The minimum absolute atomic E-state index is 0. The van der Waals surface area contributed by atoms with Crippen LogP contribution in [0.3, 0.4) is 0 Å². The molecule has 0 spiro atoms. The summed E-state index contributed by atoms with van der Waals surface area (Å²) in [5.41, 5.74) is 0.308. The minimum atomic E-state index is -0.966. The lowest BCUT2D eigenvalue weighted by Crippen LogP contribution is -2.71. The zero-order valence-electron chi connectivity index (χ0n) is 16.2. The van der Waals surface area contributed by atoms with E-state index in [0.717, 1.165) is 26.0 Å². The number of nitrogens with one attached hydrogen (secondary N) is 2. The van der Waals surface area contributed by atoms with E-state index in [9.17, 15) is 9.50 Å². The normalized spacial score (nSPS) is 27.6. The smallest absolute Gasteiger partial charge is 0.191 e. The molecule has 0 amide bonds. The van der Waals surface area contributed by atoms with Crippen LogP contribution >= 0.6 is 24.0 Å². The van der Waals surface area contributed by atoms with Crippen molar-refractivity contribution in [1.29, 1.82) is 0 Å². The highest BCUT2D eigenvalue weighted by Crippen LogP contribution is 2.51. The molecular weight excluding hydrogens is 460 g/mol. The van der Waals surface area contributed by atoms with Crippen LogP contribution in [0.25, 0.3) is 0 Å². The van der Waals surface area contributed by atoms with E-state index in [1.807, 2.05) is 6.92 Å². The van der Waals surface area contributed by atoms with E-state index in [1.165, 1.54) is 6.07 Å². The van der Waals surface area contributed by atoms with Gasteiger partial charge in [-0.2, -0.15) is 0 Å². The van der Waals surface area contributed by atoms with Crippen molar-refractivity contribution in [3.8, 4) is 0 Å². The SMILES string of the molecule is CCNC(=NCC(O)c1ccccc1F)NC1C2CCCOC2C1(C)C.I. The molecule has 5 nitrogen and oxygen atoms in total. The summed E-state index contributed by atoms with van der Waals surface area (Å²) in [5.74, 6) is 0.736. The maximum absolute atomic E-state index is 13.8. The summed E-state index contributed by atoms with van der Waals surface area (Å²) < 4.78 is 19.8. The Bertz CT molecular complexity index is 656. The van der Waals surface area contributed by atoms with Gasteiger partial charge in [-0.1, -0.05) is 32.0 Å². The number of benzene rings is 1. The summed E-state index contributed by atoms with van der Waals surface area (Å²) in [4.78, 5) is 4.49. The standard InChI is InChI=1S/C20H30FN3O2.HI/c1-4-22-19(23-12-16(25)13-8-5-6-10-15(13)21)24-17-14-9-7-11-26-18(14)20(17,2)3;/h5-6,8,10,14,16-18,25H,4,7,9,11-12H2,1-3H3,(H2,22,23,24);1H. The van der Waals surface area contributed by atoms with Crippen molar-refractivity contribution < 1.29 is 14.2 Å². The minimum Gasteiger partial charge on any atom is -0.386 e. The third-order valence-electron chi connectivity index (χ3n) is 5.65. The summed E-state index contributed by atoms with van der Waals surface area (Å²) in [6, 6.07) is 6.55. The average Bonchev–Trinajstić information content (AvgIpc) is 2.64. The third-order valence-corrected chi connectivity index (χ3v) is 5.65. The molecule has 4 unspecified atom stereocenters. The zero-order valence-corrected chi connectivity index (χ0v) is 18.6. The van der Waals surface area contributed by atoms with Gasteiger partial charge in [-0.3, -0.25) is 4.99 Å². The number of aliphatic hydroxyl groups excluding tert-OH is 1. The second-order valence-electron chi connectivity index (χ2n) is 7.80. The first-order valence-corrected chi connectivity index (χ1v) is 9.54. The van der Waals surface area contributed by atoms with Crippen LogP contribution in [-0.2, 0) is 4.74 Å². The molecule has 4 atom stereocenters. The van der Waals surface area contributed by atoms with Crippen molar-refractivity contribution in [3.63, 3.8) is 0 Å². The highest BCUT2D eigenvalue weighted by molar-refractivity contribution is 14.0. The second-order valence-corrected chi connectivity index (χ2v) is 7.80. The monoisotopic (exact) mass is 491 g/mol. The second kappa shape index (κ2) is 9.52. The lowest BCUT2D eigenvalue weighted by molar-refractivity contribution is -0.188. The van der Waals surface area contributed by atoms with Gasteiger partial charge in [0, 0.05) is 36.1 Å². The summed E-state index contributed by atoms with van der Waals surface area (Å²) in [6.45, 7) is 8.11. The Kier molecular flexibility index (Phi) is 7.88. The topological polar surface area (TPSA) is 65.9 Å². The number of aliphatic imine (C=N–C) groups is 1. The first-order valence-electron chi connectivity index (χ1n) is 9.54. The first-order chi connectivity index (χ1) is 12.4. The van der Waals surface area contributed by atoms with Crippen LogP contribution in [0.4, 0.5) is 4.39 Å². The molecule has 0 bridgehead atoms. The summed E-state index contributed by atoms with van der Waals surface area (Å²) in [5, 5.41) is 17.0. The van der Waals surface area contributed by atoms with Gasteiger partial charge in [-0.15, -0.1) is 24.0 Å². The molecule has 1 aromatic carbocycles. The number of fused-ring (bicyclic) bond motifs is 1. The average molecular weight is 491 g/mol. The Balaban J connectivity index is 0.00000261. The van der Waals surface area contributed by atoms with Crippen molar-refractivity contribution >= 4 is 29.9 Å². The number of guanidine groups is 1. The van der Waals surface area contributed by atoms with E-state index in [0.29, 0.717) is 18.0 Å². The molecule has 1 aliphatic carbocycles. The number of nitrogens with zero attached hydrogens (tertiary/aromatic N) is 1. The molecule has 3 N–H and O–H groups in total. The Labute approximate surface area is 178 Å². The van der Waals surface area contributed by atoms with Crippen LogP contribution in [0.1, 0.15) is 45.3 Å². The summed E-state index contributed by atoms with van der Waals surface area (Å²) >= 11 is 0. The molecular formula is C20H31FIN3O2. The molecule has 1 saturated heterocycles. The molecule has 27 heavy (non-hydrogen) atoms. The lowest BCUT2D eigenvalue weighted by atomic mass is 9.55. The fourth-order valence-electron chi connectivity index (χ4n) is 4.30. The molecule has 152 valence electrons. The fraction of sp³-hybridized carbons (Fsp3) is 0.650. The van der Waals surface area contributed by atoms with Crippen LogP contribution < -0.4 is 10.6 Å². The van der Waals surface area contributed by atoms with Crippen molar-refractivity contribution in [3.05, 3.63) is 35.6 Å². The Hall–Kier alpha value is -0.930. The maximum atomic E-state index is 13.8. The molecule has 2 aliphatic rings. The number of ether oxygens (including phenoxy) is 1. The molecule has 0 radical (unpaired) electrons. The summed E-state index contributed by atoms with van der Waals surface area (Å²) in [6.07, 6.45) is 1.57. The van der Waals surface area contributed by atoms with Gasteiger partial charge >= 0.3 is 0 Å².